The summed E-state index contributed by atoms with van der Waals surface area (Å²) in [6.45, 7) is 0. The summed E-state index contributed by atoms with van der Waals surface area (Å²) in [7, 11) is 0. The molecule has 0 aromatic carbocycles. The third kappa shape index (κ3) is 2.35. The Labute approximate surface area is 127 Å². The molecular weight excluding hydrogens is 274 g/mol. The zero-order valence-electron chi connectivity index (χ0n) is 11.8. The van der Waals surface area contributed by atoms with E-state index in [0.29, 0.717) is 17.2 Å². The third-order valence-electron chi connectivity index (χ3n) is 3.74. The van der Waals surface area contributed by atoms with E-state index >= 15 is 0 Å². The van der Waals surface area contributed by atoms with Crippen LogP contribution in [0.4, 0.5) is 0 Å². The zero-order valence-corrected chi connectivity index (χ0v) is 11.8. The molecule has 106 valence electrons. The van der Waals surface area contributed by atoms with Gasteiger partial charge in [-0.25, -0.2) is 9.97 Å². The van der Waals surface area contributed by atoms with E-state index in [2.05, 4.69) is 26.0 Å². The fourth-order valence-electron chi connectivity index (χ4n) is 2.35. The smallest absolute Gasteiger partial charge is 0.156 e. The van der Waals surface area contributed by atoms with E-state index in [0.717, 1.165) is 22.4 Å². The van der Waals surface area contributed by atoms with Gasteiger partial charge in [-0.3, -0.25) is 4.98 Å². The molecule has 4 rings (SSSR count). The van der Waals surface area contributed by atoms with Gasteiger partial charge in [0.25, 0.3) is 0 Å². The van der Waals surface area contributed by atoms with Crippen LogP contribution in [0.25, 0.3) is 28.0 Å². The summed E-state index contributed by atoms with van der Waals surface area (Å²) in [5.74, 6) is 0.554. The molecule has 1 saturated carbocycles. The second-order valence-corrected chi connectivity index (χ2v) is 5.43. The molecular formula is C17H13N5. The van der Waals surface area contributed by atoms with Crippen molar-refractivity contribution in [2.75, 3.05) is 0 Å². The number of fused-ring (bicyclic) bond motifs is 1. The summed E-state index contributed by atoms with van der Waals surface area (Å²) in [5, 5.41) is 9.25. The maximum absolute atomic E-state index is 9.25. The van der Waals surface area contributed by atoms with Gasteiger partial charge in [-0.2, -0.15) is 5.26 Å². The number of pyridine rings is 1. The van der Waals surface area contributed by atoms with Crippen LogP contribution in [0.15, 0.2) is 42.9 Å². The number of H-pyrrole nitrogens is 1. The van der Waals surface area contributed by atoms with Gasteiger partial charge in [0.15, 0.2) is 5.65 Å². The summed E-state index contributed by atoms with van der Waals surface area (Å²) < 4.78 is 0. The predicted molar refractivity (Wildman–Crippen MR) is 83.4 cm³/mol. The Kier molecular flexibility index (Phi) is 2.94. The molecule has 0 atom stereocenters. The summed E-state index contributed by atoms with van der Waals surface area (Å²) in [6, 6.07) is 7.93. The SMILES string of the molecule is N#C/C(=C\C1CC1)c1ccc(-c2cnc3[nH]ccc3n2)cn1. The van der Waals surface area contributed by atoms with Crippen molar-refractivity contribution >= 4 is 16.7 Å². The highest BCUT2D eigenvalue weighted by molar-refractivity contribution is 5.77. The van der Waals surface area contributed by atoms with Gasteiger partial charge in [-0.15, -0.1) is 0 Å². The molecule has 1 aliphatic rings. The summed E-state index contributed by atoms with van der Waals surface area (Å²) in [6.07, 6.45) is 9.66. The van der Waals surface area contributed by atoms with E-state index in [-0.39, 0.29) is 0 Å². The topological polar surface area (TPSA) is 78.2 Å². The average molecular weight is 287 g/mol. The van der Waals surface area contributed by atoms with Crippen LogP contribution in [-0.2, 0) is 0 Å². The van der Waals surface area contributed by atoms with Crippen LogP contribution in [0.5, 0.6) is 0 Å². The Bertz CT molecular complexity index is 895. The molecule has 0 radical (unpaired) electrons. The first-order valence-electron chi connectivity index (χ1n) is 7.22. The minimum absolute atomic E-state index is 0.554. The predicted octanol–water partition coefficient (Wildman–Crippen LogP) is 3.34. The lowest BCUT2D eigenvalue weighted by Crippen LogP contribution is -1.91. The number of rotatable bonds is 3. The molecule has 0 amide bonds. The van der Waals surface area contributed by atoms with Crippen molar-refractivity contribution in [3.05, 3.63) is 48.6 Å². The van der Waals surface area contributed by atoms with Crippen LogP contribution >= 0.6 is 0 Å². The average Bonchev–Trinajstić information content (AvgIpc) is 3.26. The Hall–Kier alpha value is -3.00. The van der Waals surface area contributed by atoms with Gasteiger partial charge < -0.3 is 4.98 Å². The normalized spacial score (nSPS) is 15.0. The largest absolute Gasteiger partial charge is 0.345 e. The van der Waals surface area contributed by atoms with Gasteiger partial charge >= 0.3 is 0 Å². The van der Waals surface area contributed by atoms with E-state index < -0.39 is 0 Å². The first-order valence-corrected chi connectivity index (χ1v) is 7.22. The molecule has 0 spiro atoms. The second-order valence-electron chi connectivity index (χ2n) is 5.43. The minimum Gasteiger partial charge on any atom is -0.345 e. The Morgan fingerprint density at radius 1 is 1.23 bits per heavy atom. The monoisotopic (exact) mass is 287 g/mol. The molecule has 3 aromatic rings. The molecule has 1 fully saturated rings. The van der Waals surface area contributed by atoms with Crippen LogP contribution < -0.4 is 0 Å². The Balaban J connectivity index is 1.67. The van der Waals surface area contributed by atoms with E-state index in [1.807, 2.05) is 30.5 Å². The van der Waals surface area contributed by atoms with Crippen LogP contribution in [-0.4, -0.2) is 19.9 Å². The van der Waals surface area contributed by atoms with Gasteiger partial charge in [0.1, 0.15) is 11.6 Å². The first-order chi connectivity index (χ1) is 10.8. The molecule has 0 saturated heterocycles. The van der Waals surface area contributed by atoms with Crippen LogP contribution in [0, 0.1) is 17.2 Å². The molecule has 0 unspecified atom stereocenters. The van der Waals surface area contributed by atoms with Crippen molar-refractivity contribution in [3.8, 4) is 17.3 Å². The van der Waals surface area contributed by atoms with Gasteiger partial charge in [0.05, 0.1) is 23.2 Å². The van der Waals surface area contributed by atoms with Gasteiger partial charge in [0, 0.05) is 18.0 Å². The van der Waals surface area contributed by atoms with Crippen molar-refractivity contribution in [3.63, 3.8) is 0 Å². The highest BCUT2D eigenvalue weighted by atomic mass is 14.9. The number of hydrogen-bond acceptors (Lipinski definition) is 4. The number of aromatic amines is 1. The summed E-state index contributed by atoms with van der Waals surface area (Å²) >= 11 is 0. The summed E-state index contributed by atoms with van der Waals surface area (Å²) in [4.78, 5) is 16.3. The maximum atomic E-state index is 9.25. The van der Waals surface area contributed by atoms with E-state index in [1.165, 1.54) is 12.8 Å². The highest BCUT2D eigenvalue weighted by Crippen LogP contribution is 2.33. The molecule has 3 aromatic heterocycles. The minimum atomic E-state index is 0.554. The number of hydrogen-bond donors (Lipinski definition) is 1. The van der Waals surface area contributed by atoms with Gasteiger partial charge in [0.2, 0.25) is 0 Å². The first kappa shape index (κ1) is 12.7. The van der Waals surface area contributed by atoms with Crippen molar-refractivity contribution in [1.29, 1.82) is 5.26 Å². The molecule has 0 bridgehead atoms. The lowest BCUT2D eigenvalue weighted by molar-refractivity contribution is 1.12. The lowest BCUT2D eigenvalue weighted by atomic mass is 10.1. The number of nitriles is 1. The fraction of sp³-hybridized carbons (Fsp3) is 0.176. The standard InChI is InChI=1S/C17H13N5/c18-8-13(7-11-1-2-11)14-4-3-12(9-20-14)16-10-21-17-15(22-16)5-6-19-17/h3-7,9-11H,1-2H2,(H,19,21)/b13-7+. The van der Waals surface area contributed by atoms with Crippen LogP contribution in [0.2, 0.25) is 0 Å². The second kappa shape index (κ2) is 5.08. The van der Waals surface area contributed by atoms with Crippen molar-refractivity contribution < 1.29 is 0 Å². The van der Waals surface area contributed by atoms with Crippen molar-refractivity contribution in [2.45, 2.75) is 12.8 Å². The Morgan fingerprint density at radius 3 is 2.86 bits per heavy atom. The lowest BCUT2D eigenvalue weighted by Gasteiger charge is -2.02. The van der Waals surface area contributed by atoms with Gasteiger partial charge in [-0.1, -0.05) is 6.08 Å². The summed E-state index contributed by atoms with van der Waals surface area (Å²) in [5.41, 5.74) is 4.63. The number of allylic oxidation sites excluding steroid dienone is 2. The van der Waals surface area contributed by atoms with Crippen LogP contribution in [0.1, 0.15) is 18.5 Å². The van der Waals surface area contributed by atoms with Gasteiger partial charge in [-0.05, 0) is 37.0 Å². The quantitative estimate of drug-likeness (QED) is 0.749. The molecule has 22 heavy (non-hydrogen) atoms. The number of nitrogens with one attached hydrogen (secondary N) is 1. The van der Waals surface area contributed by atoms with Crippen molar-refractivity contribution in [1.82, 2.24) is 19.9 Å². The molecule has 5 heteroatoms. The van der Waals surface area contributed by atoms with Crippen LogP contribution in [0.3, 0.4) is 0 Å². The molecule has 3 heterocycles. The highest BCUT2D eigenvalue weighted by Gasteiger charge is 2.20. The van der Waals surface area contributed by atoms with E-state index in [9.17, 15) is 5.26 Å². The Morgan fingerprint density at radius 2 is 2.14 bits per heavy atom. The molecule has 1 N–H and O–H groups in total. The zero-order chi connectivity index (χ0) is 14.9. The maximum Gasteiger partial charge on any atom is 0.156 e. The van der Waals surface area contributed by atoms with Crippen molar-refractivity contribution in [2.24, 2.45) is 5.92 Å². The van der Waals surface area contributed by atoms with E-state index in [1.54, 1.807) is 12.4 Å². The third-order valence-corrected chi connectivity index (χ3v) is 3.74. The fourth-order valence-corrected chi connectivity index (χ4v) is 2.35. The molecule has 5 nitrogen and oxygen atoms in total. The molecule has 1 aliphatic carbocycles. The van der Waals surface area contributed by atoms with E-state index in [4.69, 9.17) is 0 Å². The number of aromatic nitrogens is 4. The number of nitrogens with zero attached hydrogens (tertiary/aromatic N) is 4. The molecule has 0 aliphatic heterocycles.